The number of carbonyl (C=O) groups is 1. The van der Waals surface area contributed by atoms with Crippen LogP contribution in [0.2, 0.25) is 0 Å². The minimum absolute atomic E-state index is 0.205. The third-order valence-corrected chi connectivity index (χ3v) is 5.78. The first-order valence-electron chi connectivity index (χ1n) is 10.6. The average molecular weight is 414 g/mol. The van der Waals surface area contributed by atoms with Crippen molar-refractivity contribution in [3.05, 3.63) is 35.8 Å². The first-order valence-corrected chi connectivity index (χ1v) is 10.6. The zero-order valence-corrected chi connectivity index (χ0v) is 17.9. The Kier molecular flexibility index (Phi) is 6.49. The Labute approximate surface area is 177 Å². The largest absolute Gasteiger partial charge is 0.378 e. The smallest absolute Gasteiger partial charge is 0.236 e. The van der Waals surface area contributed by atoms with Crippen molar-refractivity contribution in [1.82, 2.24) is 29.4 Å². The van der Waals surface area contributed by atoms with Crippen molar-refractivity contribution in [3.63, 3.8) is 0 Å². The van der Waals surface area contributed by atoms with E-state index in [1.165, 1.54) is 5.69 Å². The van der Waals surface area contributed by atoms with Crippen LogP contribution in [0.4, 0.5) is 0 Å². The number of aliphatic imine (C=N–C) groups is 1. The number of pyridine rings is 1. The molecular formula is C21H31N7O2. The molecule has 0 unspecified atom stereocenters. The Morgan fingerprint density at radius 2 is 1.90 bits per heavy atom. The number of hydrogen-bond donors (Lipinski definition) is 1. The zero-order valence-electron chi connectivity index (χ0n) is 17.9. The van der Waals surface area contributed by atoms with Crippen molar-refractivity contribution in [2.24, 2.45) is 4.99 Å². The molecule has 0 atom stereocenters. The summed E-state index contributed by atoms with van der Waals surface area (Å²) in [7, 11) is 1.81. The molecule has 2 aromatic heterocycles. The second-order valence-electron chi connectivity index (χ2n) is 7.78. The molecule has 0 radical (unpaired) electrons. The lowest BCUT2D eigenvalue weighted by Crippen LogP contribution is -2.54. The molecule has 1 N–H and O–H groups in total. The highest BCUT2D eigenvalue weighted by Crippen LogP contribution is 2.09. The minimum atomic E-state index is 0.205. The summed E-state index contributed by atoms with van der Waals surface area (Å²) >= 11 is 0. The summed E-state index contributed by atoms with van der Waals surface area (Å²) < 4.78 is 7.43. The Morgan fingerprint density at radius 1 is 1.13 bits per heavy atom. The molecule has 2 aromatic rings. The van der Waals surface area contributed by atoms with E-state index in [0.29, 0.717) is 39.4 Å². The van der Waals surface area contributed by atoms with Crippen LogP contribution in [0.1, 0.15) is 11.4 Å². The number of amides is 1. The van der Waals surface area contributed by atoms with Gasteiger partial charge in [0.05, 0.1) is 32.0 Å². The first kappa shape index (κ1) is 20.6. The fourth-order valence-corrected chi connectivity index (χ4v) is 4.01. The quantitative estimate of drug-likeness (QED) is 0.570. The molecule has 4 rings (SSSR count). The van der Waals surface area contributed by atoms with Gasteiger partial charge in [-0.05, 0) is 19.1 Å². The summed E-state index contributed by atoms with van der Waals surface area (Å²) in [4.78, 5) is 28.0. The number of nitrogens with zero attached hydrogens (tertiary/aromatic N) is 6. The van der Waals surface area contributed by atoms with Crippen molar-refractivity contribution in [1.29, 1.82) is 0 Å². The number of piperazine rings is 1. The van der Waals surface area contributed by atoms with Crippen LogP contribution in [-0.2, 0) is 16.1 Å². The van der Waals surface area contributed by atoms with E-state index in [9.17, 15) is 4.79 Å². The van der Waals surface area contributed by atoms with E-state index in [1.54, 1.807) is 0 Å². The molecule has 0 spiro atoms. The van der Waals surface area contributed by atoms with Crippen LogP contribution in [0.5, 0.6) is 0 Å². The van der Waals surface area contributed by atoms with Gasteiger partial charge in [0, 0.05) is 58.2 Å². The van der Waals surface area contributed by atoms with Gasteiger partial charge in [-0.1, -0.05) is 6.07 Å². The third-order valence-electron chi connectivity index (χ3n) is 5.78. The molecule has 0 aliphatic carbocycles. The lowest BCUT2D eigenvalue weighted by molar-refractivity contribution is -0.136. The van der Waals surface area contributed by atoms with Crippen LogP contribution in [-0.4, -0.2) is 102 Å². The van der Waals surface area contributed by atoms with Gasteiger partial charge in [-0.15, -0.1) is 0 Å². The molecular weight excluding hydrogens is 382 g/mol. The van der Waals surface area contributed by atoms with Crippen LogP contribution in [0.3, 0.4) is 0 Å². The molecule has 0 aromatic carbocycles. The first-order chi connectivity index (χ1) is 14.6. The van der Waals surface area contributed by atoms with Gasteiger partial charge in [0.15, 0.2) is 5.96 Å². The number of guanidine groups is 1. The highest BCUT2D eigenvalue weighted by molar-refractivity contribution is 5.80. The number of ether oxygens (including phenoxy) is 1. The monoisotopic (exact) mass is 413 g/mol. The second-order valence-corrected chi connectivity index (χ2v) is 7.78. The fraction of sp³-hybridized carbons (Fsp3) is 0.571. The fourth-order valence-electron chi connectivity index (χ4n) is 4.01. The van der Waals surface area contributed by atoms with E-state index in [1.807, 2.05) is 24.1 Å². The Balaban J connectivity index is 1.26. The zero-order chi connectivity index (χ0) is 20.9. The SMILES string of the molecule is CN=C(NCc1cn2c(C)cccc2n1)N1CCN(CC(=O)N2CCOCC2)CC1. The van der Waals surface area contributed by atoms with Gasteiger partial charge in [0.25, 0.3) is 0 Å². The lowest BCUT2D eigenvalue weighted by Gasteiger charge is -2.37. The Morgan fingerprint density at radius 3 is 2.60 bits per heavy atom. The van der Waals surface area contributed by atoms with Crippen molar-refractivity contribution in [2.75, 3.05) is 66.1 Å². The molecule has 30 heavy (non-hydrogen) atoms. The van der Waals surface area contributed by atoms with Gasteiger partial charge < -0.3 is 24.3 Å². The average Bonchev–Trinajstić information content (AvgIpc) is 3.20. The number of fused-ring (bicyclic) bond motifs is 1. The van der Waals surface area contributed by atoms with Gasteiger partial charge in [-0.25, -0.2) is 4.98 Å². The molecule has 2 aliphatic heterocycles. The predicted molar refractivity (Wildman–Crippen MR) is 116 cm³/mol. The van der Waals surface area contributed by atoms with E-state index in [2.05, 4.69) is 48.7 Å². The molecule has 2 saturated heterocycles. The number of aryl methyl sites for hydroxylation is 1. The maximum Gasteiger partial charge on any atom is 0.236 e. The van der Waals surface area contributed by atoms with Gasteiger partial charge in [0.2, 0.25) is 5.91 Å². The molecule has 9 heteroatoms. The minimum Gasteiger partial charge on any atom is -0.378 e. The van der Waals surface area contributed by atoms with E-state index < -0.39 is 0 Å². The van der Waals surface area contributed by atoms with Crippen LogP contribution in [0.25, 0.3) is 5.65 Å². The Hall–Kier alpha value is -2.65. The van der Waals surface area contributed by atoms with E-state index in [-0.39, 0.29) is 5.91 Å². The second kappa shape index (κ2) is 9.44. The standard InChI is InChI=1S/C21H31N7O2/c1-17-4-3-5-19-24-18(15-28(17)19)14-23-21(22-2)27-8-6-25(7-9-27)16-20(29)26-10-12-30-13-11-26/h3-5,15H,6-14,16H2,1-2H3,(H,22,23). The number of aromatic nitrogens is 2. The molecule has 162 valence electrons. The van der Waals surface area contributed by atoms with E-state index in [0.717, 1.165) is 43.5 Å². The highest BCUT2D eigenvalue weighted by atomic mass is 16.5. The highest BCUT2D eigenvalue weighted by Gasteiger charge is 2.24. The number of hydrogen-bond acceptors (Lipinski definition) is 5. The number of nitrogens with one attached hydrogen (secondary N) is 1. The van der Waals surface area contributed by atoms with Crippen molar-refractivity contribution in [3.8, 4) is 0 Å². The number of imidazole rings is 1. The molecule has 0 bridgehead atoms. The Bertz CT molecular complexity index is 896. The topological polar surface area (TPSA) is 77.7 Å². The third kappa shape index (κ3) is 4.73. The van der Waals surface area contributed by atoms with E-state index in [4.69, 9.17) is 4.74 Å². The number of carbonyl (C=O) groups excluding carboxylic acids is 1. The molecule has 0 saturated carbocycles. The molecule has 9 nitrogen and oxygen atoms in total. The normalized spacial score (nSPS) is 18.8. The summed E-state index contributed by atoms with van der Waals surface area (Å²) in [5.41, 5.74) is 3.11. The van der Waals surface area contributed by atoms with Crippen LogP contribution in [0.15, 0.2) is 29.4 Å². The molecule has 4 heterocycles. The molecule has 2 aliphatic rings. The van der Waals surface area contributed by atoms with Gasteiger partial charge >= 0.3 is 0 Å². The lowest BCUT2D eigenvalue weighted by atomic mass is 10.3. The van der Waals surface area contributed by atoms with Gasteiger partial charge in [0.1, 0.15) is 5.65 Å². The maximum absolute atomic E-state index is 12.5. The van der Waals surface area contributed by atoms with Crippen molar-refractivity contribution < 1.29 is 9.53 Å². The summed E-state index contributed by atoms with van der Waals surface area (Å²) in [5.74, 6) is 1.08. The molecule has 1 amide bonds. The van der Waals surface area contributed by atoms with E-state index >= 15 is 0 Å². The maximum atomic E-state index is 12.5. The van der Waals surface area contributed by atoms with Crippen molar-refractivity contribution in [2.45, 2.75) is 13.5 Å². The summed E-state index contributed by atoms with van der Waals surface area (Å²) in [5, 5.41) is 3.44. The molecule has 2 fully saturated rings. The van der Waals surface area contributed by atoms with Crippen LogP contribution < -0.4 is 5.32 Å². The number of morpholine rings is 1. The van der Waals surface area contributed by atoms with Crippen LogP contribution >= 0.6 is 0 Å². The van der Waals surface area contributed by atoms with Crippen LogP contribution in [0, 0.1) is 6.92 Å². The van der Waals surface area contributed by atoms with Gasteiger partial charge in [-0.3, -0.25) is 14.7 Å². The predicted octanol–water partition coefficient (Wildman–Crippen LogP) is 0.195. The summed E-state index contributed by atoms with van der Waals surface area (Å²) in [6, 6.07) is 6.12. The van der Waals surface area contributed by atoms with Gasteiger partial charge in [-0.2, -0.15) is 0 Å². The summed E-state index contributed by atoms with van der Waals surface area (Å²) in [6.45, 7) is 9.30. The number of rotatable bonds is 4. The summed E-state index contributed by atoms with van der Waals surface area (Å²) in [6.07, 6.45) is 2.07. The van der Waals surface area contributed by atoms with Crippen molar-refractivity contribution >= 4 is 17.5 Å².